The minimum atomic E-state index is 0.0791. The largest absolute Gasteiger partial charge is 0.376 e. The number of nitrogens with one attached hydrogen (secondary N) is 1. The van der Waals surface area contributed by atoms with Crippen LogP contribution < -0.4 is 5.32 Å². The van der Waals surface area contributed by atoms with Gasteiger partial charge in [0.2, 0.25) is 11.8 Å². The summed E-state index contributed by atoms with van der Waals surface area (Å²) in [6, 6.07) is 7.60. The lowest BCUT2D eigenvalue weighted by atomic mass is 9.93. The summed E-state index contributed by atoms with van der Waals surface area (Å²) >= 11 is 5.84. The van der Waals surface area contributed by atoms with E-state index in [0.717, 1.165) is 18.7 Å². The molecule has 2 fully saturated rings. The van der Waals surface area contributed by atoms with Gasteiger partial charge < -0.3 is 15.1 Å². The van der Waals surface area contributed by atoms with Gasteiger partial charge in [0, 0.05) is 49.2 Å². The standard InChI is InChI=1S/C16H20ClN3O2/c1-19-14-6-7-20(10-11(14)8-15(19)21)16(22)9-18-13-4-2-12(17)3-5-13/h2-5,11,14,18H,6-10H2,1H3/t11-,14+/m1/s1. The van der Waals surface area contributed by atoms with Gasteiger partial charge >= 0.3 is 0 Å². The Morgan fingerprint density at radius 3 is 2.82 bits per heavy atom. The van der Waals surface area contributed by atoms with Gasteiger partial charge in [-0.2, -0.15) is 0 Å². The van der Waals surface area contributed by atoms with Crippen molar-refractivity contribution in [1.82, 2.24) is 9.80 Å². The predicted molar refractivity (Wildman–Crippen MR) is 85.8 cm³/mol. The average Bonchev–Trinajstić information content (AvgIpc) is 2.80. The van der Waals surface area contributed by atoms with E-state index in [-0.39, 0.29) is 24.3 Å². The fourth-order valence-corrected chi connectivity index (χ4v) is 3.49. The van der Waals surface area contributed by atoms with E-state index in [2.05, 4.69) is 5.32 Å². The number of hydrogen-bond acceptors (Lipinski definition) is 3. The lowest BCUT2D eigenvalue weighted by molar-refractivity contribution is -0.131. The Bertz CT molecular complexity index is 575. The molecule has 2 amide bonds. The predicted octanol–water partition coefficient (Wildman–Crippen LogP) is 1.83. The molecule has 6 heteroatoms. The zero-order chi connectivity index (χ0) is 15.7. The highest BCUT2D eigenvalue weighted by molar-refractivity contribution is 6.30. The van der Waals surface area contributed by atoms with Crippen LogP contribution in [0.15, 0.2) is 24.3 Å². The van der Waals surface area contributed by atoms with Crippen LogP contribution in [0.3, 0.4) is 0 Å². The first kappa shape index (κ1) is 15.2. The highest BCUT2D eigenvalue weighted by atomic mass is 35.5. The molecule has 0 aromatic heterocycles. The normalized spacial score (nSPS) is 24.4. The van der Waals surface area contributed by atoms with Crippen molar-refractivity contribution in [3.8, 4) is 0 Å². The van der Waals surface area contributed by atoms with Crippen LogP contribution in [-0.2, 0) is 9.59 Å². The summed E-state index contributed by atoms with van der Waals surface area (Å²) in [5.74, 6) is 0.560. The molecule has 2 saturated heterocycles. The number of piperidine rings is 1. The molecular weight excluding hydrogens is 302 g/mol. The number of amides is 2. The number of hydrogen-bond donors (Lipinski definition) is 1. The van der Waals surface area contributed by atoms with Crippen molar-refractivity contribution in [2.75, 3.05) is 32.0 Å². The summed E-state index contributed by atoms with van der Waals surface area (Å²) < 4.78 is 0. The van der Waals surface area contributed by atoms with Gasteiger partial charge in [-0.15, -0.1) is 0 Å². The van der Waals surface area contributed by atoms with Crippen molar-refractivity contribution in [3.63, 3.8) is 0 Å². The Kier molecular flexibility index (Phi) is 4.25. The quantitative estimate of drug-likeness (QED) is 0.924. The molecule has 0 aliphatic carbocycles. The fourth-order valence-electron chi connectivity index (χ4n) is 3.37. The molecule has 0 spiro atoms. The lowest BCUT2D eigenvalue weighted by Crippen LogP contribution is -2.48. The Morgan fingerprint density at radius 2 is 2.09 bits per heavy atom. The van der Waals surface area contributed by atoms with Gasteiger partial charge in [0.15, 0.2) is 0 Å². The summed E-state index contributed by atoms with van der Waals surface area (Å²) in [6.07, 6.45) is 1.44. The molecule has 0 unspecified atom stereocenters. The number of carbonyl (C=O) groups excluding carboxylic acids is 2. The molecule has 0 saturated carbocycles. The SMILES string of the molecule is CN1C(=O)C[C@@H]2CN(C(=O)CNc3ccc(Cl)cc3)CC[C@@H]21. The zero-order valence-corrected chi connectivity index (χ0v) is 13.3. The van der Waals surface area contributed by atoms with Crippen LogP contribution in [0.4, 0.5) is 5.69 Å². The van der Waals surface area contributed by atoms with Gasteiger partial charge in [0.25, 0.3) is 0 Å². The van der Waals surface area contributed by atoms with Crippen LogP contribution in [0.25, 0.3) is 0 Å². The maximum absolute atomic E-state index is 12.3. The van der Waals surface area contributed by atoms with Gasteiger partial charge in [0.1, 0.15) is 0 Å². The van der Waals surface area contributed by atoms with Crippen molar-refractivity contribution in [2.24, 2.45) is 5.92 Å². The second-order valence-electron chi connectivity index (χ2n) is 6.03. The molecule has 5 nitrogen and oxygen atoms in total. The third-order valence-electron chi connectivity index (χ3n) is 4.66. The number of rotatable bonds is 3. The number of nitrogens with zero attached hydrogens (tertiary/aromatic N) is 2. The van der Waals surface area contributed by atoms with E-state index in [1.807, 2.05) is 29.0 Å². The second kappa shape index (κ2) is 6.16. The fraction of sp³-hybridized carbons (Fsp3) is 0.500. The molecule has 0 bridgehead atoms. The summed E-state index contributed by atoms with van der Waals surface area (Å²) in [5, 5.41) is 3.79. The molecule has 2 heterocycles. The zero-order valence-electron chi connectivity index (χ0n) is 12.6. The van der Waals surface area contributed by atoms with E-state index < -0.39 is 0 Å². The van der Waals surface area contributed by atoms with Crippen LogP contribution in [0.2, 0.25) is 5.02 Å². The van der Waals surface area contributed by atoms with Crippen LogP contribution in [-0.4, -0.2) is 54.3 Å². The molecule has 2 atom stereocenters. The molecular formula is C16H20ClN3O2. The van der Waals surface area contributed by atoms with Gasteiger partial charge in [0.05, 0.1) is 6.54 Å². The van der Waals surface area contributed by atoms with Crippen molar-refractivity contribution >= 4 is 29.1 Å². The van der Waals surface area contributed by atoms with Gasteiger partial charge in [-0.05, 0) is 30.7 Å². The Morgan fingerprint density at radius 1 is 1.36 bits per heavy atom. The van der Waals surface area contributed by atoms with E-state index >= 15 is 0 Å². The highest BCUT2D eigenvalue weighted by Gasteiger charge is 2.41. The number of halogens is 1. The Labute approximate surface area is 135 Å². The van der Waals surface area contributed by atoms with Gasteiger partial charge in [-0.3, -0.25) is 9.59 Å². The molecule has 22 heavy (non-hydrogen) atoms. The molecule has 0 radical (unpaired) electrons. The number of fused-ring (bicyclic) bond motifs is 1. The van der Waals surface area contributed by atoms with Crippen molar-refractivity contribution < 1.29 is 9.59 Å². The van der Waals surface area contributed by atoms with E-state index in [9.17, 15) is 9.59 Å². The van der Waals surface area contributed by atoms with Gasteiger partial charge in [-0.25, -0.2) is 0 Å². The van der Waals surface area contributed by atoms with E-state index in [4.69, 9.17) is 11.6 Å². The molecule has 1 aromatic rings. The second-order valence-corrected chi connectivity index (χ2v) is 6.46. The smallest absolute Gasteiger partial charge is 0.241 e. The number of anilines is 1. The summed E-state index contributed by atoms with van der Waals surface area (Å²) in [7, 11) is 1.87. The maximum Gasteiger partial charge on any atom is 0.241 e. The topological polar surface area (TPSA) is 52.7 Å². The number of likely N-dealkylation sites (tertiary alicyclic amines) is 2. The van der Waals surface area contributed by atoms with E-state index in [1.165, 1.54) is 0 Å². The van der Waals surface area contributed by atoms with E-state index in [1.54, 1.807) is 12.1 Å². The third kappa shape index (κ3) is 3.04. The average molecular weight is 322 g/mol. The van der Waals surface area contributed by atoms with Crippen LogP contribution >= 0.6 is 11.6 Å². The first-order valence-electron chi connectivity index (χ1n) is 7.57. The van der Waals surface area contributed by atoms with Crippen molar-refractivity contribution in [3.05, 3.63) is 29.3 Å². The minimum Gasteiger partial charge on any atom is -0.376 e. The first-order chi connectivity index (χ1) is 10.5. The highest BCUT2D eigenvalue weighted by Crippen LogP contribution is 2.31. The molecule has 2 aliphatic rings. The van der Waals surface area contributed by atoms with Crippen molar-refractivity contribution in [2.45, 2.75) is 18.9 Å². The Hall–Kier alpha value is -1.75. The van der Waals surface area contributed by atoms with Crippen LogP contribution in [0.5, 0.6) is 0 Å². The molecule has 1 N–H and O–H groups in total. The summed E-state index contributed by atoms with van der Waals surface area (Å²) in [6.45, 7) is 1.67. The monoisotopic (exact) mass is 321 g/mol. The number of benzene rings is 1. The first-order valence-corrected chi connectivity index (χ1v) is 7.95. The summed E-state index contributed by atoms with van der Waals surface area (Å²) in [5.41, 5.74) is 0.878. The molecule has 118 valence electrons. The molecule has 1 aromatic carbocycles. The van der Waals surface area contributed by atoms with Gasteiger partial charge in [-0.1, -0.05) is 11.6 Å². The summed E-state index contributed by atoms with van der Waals surface area (Å²) in [4.78, 5) is 27.8. The third-order valence-corrected chi connectivity index (χ3v) is 4.91. The van der Waals surface area contributed by atoms with Crippen molar-refractivity contribution in [1.29, 1.82) is 0 Å². The molecule has 2 aliphatic heterocycles. The molecule has 3 rings (SSSR count). The lowest BCUT2D eigenvalue weighted by Gasteiger charge is -2.36. The van der Waals surface area contributed by atoms with Crippen LogP contribution in [0, 0.1) is 5.92 Å². The number of carbonyl (C=O) groups is 2. The Balaban J connectivity index is 1.53. The minimum absolute atomic E-state index is 0.0791. The van der Waals surface area contributed by atoms with E-state index in [0.29, 0.717) is 24.0 Å². The van der Waals surface area contributed by atoms with Crippen LogP contribution in [0.1, 0.15) is 12.8 Å². The maximum atomic E-state index is 12.3.